The highest BCUT2D eigenvalue weighted by molar-refractivity contribution is 6.25. The van der Waals surface area contributed by atoms with Gasteiger partial charge in [-0.1, -0.05) is 18.2 Å². The van der Waals surface area contributed by atoms with Gasteiger partial charge in [-0.2, -0.15) is 0 Å². The molecular weight excluding hydrogens is 534 g/mol. The standard InChI is InChI=1S/C32H35N5O5/c38-27-11-10-26(29(39)33-27)37-30(40)24-6-2-7-25(28(24)31(37)41)34-16-12-20(13-17-34)19-35-14-3-15-36(32(35)42)23-5-1-4-22(18-23)21-8-9-21/h1-2,4-7,18,20-21,26H,3,8-17,19H2,(H,33,38,39). The molecule has 4 aliphatic heterocycles. The largest absolute Gasteiger partial charge is 0.371 e. The Morgan fingerprint density at radius 3 is 2.36 bits per heavy atom. The van der Waals surface area contributed by atoms with Crippen molar-refractivity contribution in [3.05, 3.63) is 59.2 Å². The van der Waals surface area contributed by atoms with Crippen molar-refractivity contribution in [2.24, 2.45) is 5.92 Å². The lowest BCUT2D eigenvalue weighted by atomic mass is 9.94. The summed E-state index contributed by atoms with van der Waals surface area (Å²) in [6, 6.07) is 12.8. The third-order valence-electron chi connectivity index (χ3n) is 9.42. The number of benzene rings is 2. The van der Waals surface area contributed by atoms with E-state index in [1.807, 2.05) is 21.9 Å². The van der Waals surface area contributed by atoms with Gasteiger partial charge in [0.05, 0.1) is 16.8 Å². The first-order valence-corrected chi connectivity index (χ1v) is 15.1. The maximum atomic E-state index is 13.5. The zero-order valence-electron chi connectivity index (χ0n) is 23.6. The number of rotatable bonds is 6. The predicted octanol–water partition coefficient (Wildman–Crippen LogP) is 3.51. The Kier molecular flexibility index (Phi) is 6.71. The van der Waals surface area contributed by atoms with Gasteiger partial charge in [-0.15, -0.1) is 0 Å². The van der Waals surface area contributed by atoms with Crippen LogP contribution in [0.25, 0.3) is 0 Å². The smallest absolute Gasteiger partial charge is 0.324 e. The van der Waals surface area contributed by atoms with Crippen molar-refractivity contribution in [3.63, 3.8) is 0 Å². The highest BCUT2D eigenvalue weighted by Crippen LogP contribution is 2.41. The van der Waals surface area contributed by atoms with Crippen LogP contribution in [0.3, 0.4) is 0 Å². The highest BCUT2D eigenvalue weighted by Gasteiger charge is 2.46. The monoisotopic (exact) mass is 569 g/mol. The molecule has 2 aromatic rings. The lowest BCUT2D eigenvalue weighted by molar-refractivity contribution is -0.136. The van der Waals surface area contributed by atoms with Gasteiger partial charge in [0.1, 0.15) is 6.04 Å². The minimum Gasteiger partial charge on any atom is -0.371 e. The van der Waals surface area contributed by atoms with Gasteiger partial charge in [0.15, 0.2) is 0 Å². The Labute approximate surface area is 244 Å². The van der Waals surface area contributed by atoms with Gasteiger partial charge in [0.25, 0.3) is 11.8 Å². The molecule has 1 N–H and O–H groups in total. The number of imide groups is 2. The first-order valence-electron chi connectivity index (χ1n) is 15.1. The van der Waals surface area contributed by atoms with Gasteiger partial charge in [0, 0.05) is 44.8 Å². The van der Waals surface area contributed by atoms with E-state index in [0.717, 1.165) is 42.9 Å². The summed E-state index contributed by atoms with van der Waals surface area (Å²) in [7, 11) is 0. The molecular formula is C32H35N5O5. The zero-order chi connectivity index (χ0) is 29.0. The lowest BCUT2D eigenvalue weighted by Gasteiger charge is -2.40. The SMILES string of the molecule is O=C1CCC(N2C(=O)c3cccc(N4CCC(CN5CCCN(c6cccc(C7CC7)c6)C5=O)CC4)c3C2=O)C(=O)N1. The molecule has 0 bridgehead atoms. The van der Waals surface area contributed by atoms with Crippen LogP contribution in [0, 0.1) is 5.92 Å². The predicted molar refractivity (Wildman–Crippen MR) is 155 cm³/mol. The quantitative estimate of drug-likeness (QED) is 0.534. The second-order valence-corrected chi connectivity index (χ2v) is 12.2. The third kappa shape index (κ3) is 4.72. The van der Waals surface area contributed by atoms with Crippen LogP contribution in [0.4, 0.5) is 16.2 Å². The molecule has 5 aliphatic rings. The number of anilines is 2. The van der Waals surface area contributed by atoms with E-state index < -0.39 is 29.7 Å². The number of hydrogen-bond acceptors (Lipinski definition) is 6. The van der Waals surface area contributed by atoms with Gasteiger partial charge < -0.3 is 9.80 Å². The average molecular weight is 570 g/mol. The van der Waals surface area contributed by atoms with Crippen molar-refractivity contribution < 1.29 is 24.0 Å². The van der Waals surface area contributed by atoms with E-state index in [0.29, 0.717) is 48.3 Å². The first-order chi connectivity index (χ1) is 20.4. The summed E-state index contributed by atoms with van der Waals surface area (Å²) in [5.41, 5.74) is 3.66. The minimum absolute atomic E-state index is 0.0788. The summed E-state index contributed by atoms with van der Waals surface area (Å²) < 4.78 is 0. The number of piperidine rings is 2. The summed E-state index contributed by atoms with van der Waals surface area (Å²) in [6.45, 7) is 3.62. The maximum Gasteiger partial charge on any atom is 0.324 e. The fourth-order valence-electron chi connectivity index (χ4n) is 6.98. The van der Waals surface area contributed by atoms with E-state index >= 15 is 0 Å². The van der Waals surface area contributed by atoms with Crippen LogP contribution in [0.1, 0.15) is 77.1 Å². The Hall–Kier alpha value is -4.21. The van der Waals surface area contributed by atoms with E-state index in [2.05, 4.69) is 28.4 Å². The number of carbonyl (C=O) groups is 5. The Morgan fingerprint density at radius 2 is 1.60 bits per heavy atom. The first kappa shape index (κ1) is 26.7. The van der Waals surface area contributed by atoms with E-state index in [-0.39, 0.29) is 18.9 Å². The fourth-order valence-corrected chi connectivity index (χ4v) is 6.98. The fraction of sp³-hybridized carbons (Fsp3) is 0.469. The number of carbonyl (C=O) groups excluding carboxylic acids is 5. The number of amides is 6. The second kappa shape index (κ2) is 10.6. The maximum absolute atomic E-state index is 13.5. The second-order valence-electron chi connectivity index (χ2n) is 12.2. The van der Waals surface area contributed by atoms with Crippen LogP contribution in [0.2, 0.25) is 0 Å². The van der Waals surface area contributed by atoms with Crippen molar-refractivity contribution in [1.82, 2.24) is 15.1 Å². The molecule has 4 fully saturated rings. The molecule has 1 atom stereocenters. The topological polar surface area (TPSA) is 110 Å². The molecule has 10 nitrogen and oxygen atoms in total. The van der Waals surface area contributed by atoms with E-state index in [4.69, 9.17) is 0 Å². The van der Waals surface area contributed by atoms with Crippen molar-refractivity contribution in [2.45, 2.75) is 56.9 Å². The van der Waals surface area contributed by atoms with Crippen LogP contribution >= 0.6 is 0 Å². The highest BCUT2D eigenvalue weighted by atomic mass is 16.2. The van der Waals surface area contributed by atoms with Crippen LogP contribution in [0.5, 0.6) is 0 Å². The molecule has 6 amide bonds. The molecule has 0 spiro atoms. The number of urea groups is 1. The third-order valence-corrected chi connectivity index (χ3v) is 9.42. The van der Waals surface area contributed by atoms with E-state index in [1.165, 1.54) is 18.4 Å². The molecule has 1 aliphatic carbocycles. The molecule has 0 radical (unpaired) electrons. The lowest BCUT2D eigenvalue weighted by Crippen LogP contribution is -2.54. The normalized spacial score (nSPS) is 23.5. The molecule has 2 aromatic carbocycles. The van der Waals surface area contributed by atoms with E-state index in [9.17, 15) is 24.0 Å². The van der Waals surface area contributed by atoms with Crippen molar-refractivity contribution in [2.75, 3.05) is 42.5 Å². The Balaban J connectivity index is 1.01. The number of hydrogen-bond donors (Lipinski definition) is 1. The summed E-state index contributed by atoms with van der Waals surface area (Å²) in [5.74, 6) is -0.977. The van der Waals surface area contributed by atoms with Crippen molar-refractivity contribution in [3.8, 4) is 0 Å². The van der Waals surface area contributed by atoms with Gasteiger partial charge in [-0.05, 0) is 80.2 Å². The molecule has 1 saturated carbocycles. The molecule has 218 valence electrons. The zero-order valence-corrected chi connectivity index (χ0v) is 23.6. The number of nitrogens with zero attached hydrogens (tertiary/aromatic N) is 4. The van der Waals surface area contributed by atoms with Crippen molar-refractivity contribution in [1.29, 1.82) is 0 Å². The molecule has 1 unspecified atom stereocenters. The van der Waals surface area contributed by atoms with Gasteiger partial charge in [-0.25, -0.2) is 4.79 Å². The molecule has 0 aromatic heterocycles. The van der Waals surface area contributed by atoms with Crippen LogP contribution in [0.15, 0.2) is 42.5 Å². The summed E-state index contributed by atoms with van der Waals surface area (Å²) in [5, 5.41) is 2.25. The van der Waals surface area contributed by atoms with Gasteiger partial charge >= 0.3 is 6.03 Å². The number of nitrogens with one attached hydrogen (secondary N) is 1. The summed E-state index contributed by atoms with van der Waals surface area (Å²) >= 11 is 0. The van der Waals surface area contributed by atoms with E-state index in [1.54, 1.807) is 12.1 Å². The van der Waals surface area contributed by atoms with Crippen molar-refractivity contribution >= 4 is 41.0 Å². The van der Waals surface area contributed by atoms with Gasteiger partial charge in [-0.3, -0.25) is 34.3 Å². The Bertz CT molecular complexity index is 1480. The Morgan fingerprint density at radius 1 is 0.810 bits per heavy atom. The molecule has 7 rings (SSSR count). The van der Waals surface area contributed by atoms with Gasteiger partial charge in [0.2, 0.25) is 11.8 Å². The summed E-state index contributed by atoms with van der Waals surface area (Å²) in [4.78, 5) is 71.4. The van der Waals surface area contributed by atoms with Crippen LogP contribution in [-0.2, 0) is 9.59 Å². The summed E-state index contributed by atoms with van der Waals surface area (Å²) in [6.07, 6.45) is 5.36. The molecule has 4 heterocycles. The van der Waals surface area contributed by atoms with Crippen LogP contribution < -0.4 is 15.1 Å². The average Bonchev–Trinajstić information content (AvgIpc) is 3.82. The number of fused-ring (bicyclic) bond motifs is 1. The molecule has 3 saturated heterocycles. The minimum atomic E-state index is -0.980. The molecule has 42 heavy (non-hydrogen) atoms. The van der Waals surface area contributed by atoms with Crippen LogP contribution in [-0.4, -0.2) is 78.2 Å². The molecule has 10 heteroatoms.